The Kier molecular flexibility index (Phi) is 8.24. The number of hydrogen-bond acceptors (Lipinski definition) is 5. The van der Waals surface area contributed by atoms with E-state index in [-0.39, 0.29) is 34.5 Å². The van der Waals surface area contributed by atoms with Crippen LogP contribution in [0.2, 0.25) is 0 Å². The van der Waals surface area contributed by atoms with Crippen molar-refractivity contribution >= 4 is 29.2 Å². The Morgan fingerprint density at radius 3 is 2.55 bits per heavy atom. The standard InChI is InChI=1S/C25H34N4O3S/c1-25(2,3)33-17-20(30)28(15-14-18-10-6-4-7-11-18)21-22(26)29(24(32)27-23(21)31)16-19-12-8-5-9-13-19/h5,8-10,12-13H,4,6-7,11,14-17,26H2,1-3H3,(H,27,31,32). The summed E-state index contributed by atoms with van der Waals surface area (Å²) < 4.78 is 1.22. The predicted octanol–water partition coefficient (Wildman–Crippen LogP) is 3.92. The molecule has 1 heterocycles. The Morgan fingerprint density at radius 1 is 1.18 bits per heavy atom. The van der Waals surface area contributed by atoms with Crippen molar-refractivity contribution < 1.29 is 4.79 Å². The zero-order valence-corrected chi connectivity index (χ0v) is 20.5. The number of anilines is 2. The van der Waals surface area contributed by atoms with Crippen LogP contribution in [0.15, 0.2) is 51.6 Å². The van der Waals surface area contributed by atoms with Crippen LogP contribution < -0.4 is 21.9 Å². The van der Waals surface area contributed by atoms with Gasteiger partial charge in [-0.15, -0.1) is 11.8 Å². The second-order valence-electron chi connectivity index (χ2n) is 9.37. The maximum absolute atomic E-state index is 13.3. The van der Waals surface area contributed by atoms with Gasteiger partial charge in [-0.05, 0) is 37.7 Å². The summed E-state index contributed by atoms with van der Waals surface area (Å²) in [4.78, 5) is 42.6. The molecular weight excluding hydrogens is 436 g/mol. The number of nitrogens with two attached hydrogens (primary N) is 1. The Hall–Kier alpha value is -2.74. The molecule has 3 rings (SSSR count). The summed E-state index contributed by atoms with van der Waals surface area (Å²) >= 11 is 1.52. The maximum atomic E-state index is 13.3. The molecule has 3 N–H and O–H groups in total. The molecule has 178 valence electrons. The molecule has 2 aromatic rings. The topological polar surface area (TPSA) is 101 Å². The van der Waals surface area contributed by atoms with Crippen molar-refractivity contribution in [1.82, 2.24) is 9.55 Å². The molecule has 7 nitrogen and oxygen atoms in total. The lowest BCUT2D eigenvalue weighted by molar-refractivity contribution is -0.116. The number of hydrogen-bond donors (Lipinski definition) is 2. The van der Waals surface area contributed by atoms with Gasteiger partial charge in [0.05, 0.1) is 12.3 Å². The fourth-order valence-corrected chi connectivity index (χ4v) is 4.58. The number of allylic oxidation sites excluding steroid dienone is 1. The van der Waals surface area contributed by atoms with Crippen LogP contribution >= 0.6 is 11.8 Å². The van der Waals surface area contributed by atoms with Crippen molar-refractivity contribution in [3.8, 4) is 0 Å². The van der Waals surface area contributed by atoms with Gasteiger partial charge in [-0.25, -0.2) is 4.79 Å². The first-order valence-corrected chi connectivity index (χ1v) is 12.4. The van der Waals surface area contributed by atoms with E-state index in [1.807, 2.05) is 51.1 Å². The molecule has 1 aliphatic carbocycles. The van der Waals surface area contributed by atoms with Gasteiger partial charge in [0.25, 0.3) is 5.56 Å². The van der Waals surface area contributed by atoms with Crippen LogP contribution in [0.4, 0.5) is 11.5 Å². The molecule has 0 bridgehead atoms. The number of benzene rings is 1. The van der Waals surface area contributed by atoms with Gasteiger partial charge in [-0.2, -0.15) is 0 Å². The van der Waals surface area contributed by atoms with E-state index in [9.17, 15) is 14.4 Å². The Bertz CT molecular complexity index is 1110. The number of nitrogens with zero attached hydrogens (tertiary/aromatic N) is 2. The van der Waals surface area contributed by atoms with E-state index >= 15 is 0 Å². The number of nitrogens with one attached hydrogen (secondary N) is 1. The first-order chi connectivity index (χ1) is 15.7. The molecule has 0 saturated carbocycles. The largest absolute Gasteiger partial charge is 0.383 e. The minimum absolute atomic E-state index is 0.0133. The van der Waals surface area contributed by atoms with E-state index in [0.29, 0.717) is 13.0 Å². The fraction of sp³-hybridized carbons (Fsp3) is 0.480. The second kappa shape index (κ2) is 10.9. The van der Waals surface area contributed by atoms with Gasteiger partial charge in [-0.1, -0.05) is 62.8 Å². The molecule has 1 aliphatic rings. The van der Waals surface area contributed by atoms with Gasteiger partial charge in [0.1, 0.15) is 5.82 Å². The SMILES string of the molecule is CC(C)(C)SCC(=O)N(CCC1=CCCCC1)c1c(N)n(Cc2ccccc2)c(=O)[nH]c1=O. The number of H-pyrrole nitrogens is 1. The van der Waals surface area contributed by atoms with Gasteiger partial charge < -0.3 is 10.6 Å². The lowest BCUT2D eigenvalue weighted by Gasteiger charge is -2.27. The molecule has 0 atom stereocenters. The molecule has 0 spiro atoms. The van der Waals surface area contributed by atoms with Crippen LogP contribution in [0.1, 0.15) is 58.4 Å². The molecular formula is C25H34N4O3S. The maximum Gasteiger partial charge on any atom is 0.330 e. The Balaban J connectivity index is 1.97. The monoisotopic (exact) mass is 470 g/mol. The minimum atomic E-state index is -0.631. The Morgan fingerprint density at radius 2 is 1.91 bits per heavy atom. The van der Waals surface area contributed by atoms with Crippen molar-refractivity contribution in [1.29, 1.82) is 0 Å². The van der Waals surface area contributed by atoms with Gasteiger partial charge in [0.15, 0.2) is 5.69 Å². The third-order valence-corrected chi connectivity index (χ3v) is 6.90. The predicted molar refractivity (Wildman–Crippen MR) is 137 cm³/mol. The summed E-state index contributed by atoms with van der Waals surface area (Å²) in [6.07, 6.45) is 7.31. The minimum Gasteiger partial charge on any atom is -0.383 e. The van der Waals surface area contributed by atoms with Crippen molar-refractivity contribution in [3.63, 3.8) is 0 Å². The highest BCUT2D eigenvalue weighted by Gasteiger charge is 2.26. The van der Waals surface area contributed by atoms with E-state index in [4.69, 9.17) is 5.73 Å². The average molecular weight is 471 g/mol. The van der Waals surface area contributed by atoms with Crippen molar-refractivity contribution in [3.05, 3.63) is 68.4 Å². The highest BCUT2D eigenvalue weighted by atomic mass is 32.2. The zero-order valence-electron chi connectivity index (χ0n) is 19.7. The smallest absolute Gasteiger partial charge is 0.330 e. The van der Waals surface area contributed by atoms with Crippen molar-refractivity contribution in [2.24, 2.45) is 0 Å². The van der Waals surface area contributed by atoms with Crippen LogP contribution in [0.5, 0.6) is 0 Å². The molecule has 0 aliphatic heterocycles. The van der Waals surface area contributed by atoms with Crippen LogP contribution in [-0.2, 0) is 11.3 Å². The van der Waals surface area contributed by atoms with Gasteiger partial charge in [-0.3, -0.25) is 19.1 Å². The van der Waals surface area contributed by atoms with Crippen LogP contribution in [0, 0.1) is 0 Å². The second-order valence-corrected chi connectivity index (χ2v) is 11.2. The third kappa shape index (κ3) is 6.87. The normalized spacial score (nSPS) is 14.1. The summed E-state index contributed by atoms with van der Waals surface area (Å²) in [5.41, 5.74) is 7.40. The summed E-state index contributed by atoms with van der Waals surface area (Å²) in [5.74, 6) is 0.0481. The number of amides is 1. The van der Waals surface area contributed by atoms with Crippen LogP contribution in [-0.4, -0.2) is 32.5 Å². The van der Waals surface area contributed by atoms with Crippen LogP contribution in [0.25, 0.3) is 0 Å². The van der Waals surface area contributed by atoms with Gasteiger partial charge in [0.2, 0.25) is 5.91 Å². The summed E-state index contributed by atoms with van der Waals surface area (Å²) in [6, 6.07) is 9.41. The number of thioether (sulfide) groups is 1. The van der Waals surface area contributed by atoms with Gasteiger partial charge in [0, 0.05) is 11.3 Å². The number of carbonyl (C=O) groups excluding carboxylic acids is 1. The molecule has 33 heavy (non-hydrogen) atoms. The summed E-state index contributed by atoms with van der Waals surface area (Å²) in [5, 5.41) is 0. The molecule has 0 saturated heterocycles. The van der Waals surface area contributed by atoms with Crippen molar-refractivity contribution in [2.75, 3.05) is 22.9 Å². The van der Waals surface area contributed by atoms with E-state index in [1.54, 1.807) is 0 Å². The first-order valence-electron chi connectivity index (χ1n) is 11.4. The van der Waals surface area contributed by atoms with Gasteiger partial charge >= 0.3 is 5.69 Å². The quantitative estimate of drug-likeness (QED) is 0.570. The highest BCUT2D eigenvalue weighted by molar-refractivity contribution is 8.01. The zero-order chi connectivity index (χ0) is 24.0. The average Bonchev–Trinajstić information content (AvgIpc) is 2.78. The number of aromatic amines is 1. The highest BCUT2D eigenvalue weighted by Crippen LogP contribution is 2.27. The van der Waals surface area contributed by atoms with E-state index < -0.39 is 11.2 Å². The van der Waals surface area contributed by atoms with E-state index in [2.05, 4.69) is 11.1 Å². The Labute approximate surface area is 199 Å². The lowest BCUT2D eigenvalue weighted by Crippen LogP contribution is -2.42. The number of rotatable bonds is 8. The van der Waals surface area contributed by atoms with E-state index in [1.165, 1.54) is 33.2 Å². The number of aromatic nitrogens is 2. The van der Waals surface area contributed by atoms with E-state index in [0.717, 1.165) is 24.8 Å². The van der Waals surface area contributed by atoms with Crippen LogP contribution in [0.3, 0.4) is 0 Å². The third-order valence-electron chi connectivity index (χ3n) is 5.64. The molecule has 1 aromatic carbocycles. The summed E-state index contributed by atoms with van der Waals surface area (Å²) in [6.45, 7) is 6.70. The fourth-order valence-electron chi connectivity index (χ4n) is 3.87. The molecule has 0 unspecified atom stereocenters. The first kappa shape index (κ1) is 24.9. The lowest BCUT2D eigenvalue weighted by atomic mass is 9.97. The molecule has 1 amide bonds. The number of nitrogen functional groups attached to an aromatic ring is 1. The van der Waals surface area contributed by atoms with Crippen molar-refractivity contribution in [2.45, 2.75) is 64.2 Å². The number of carbonyl (C=O) groups is 1. The molecule has 1 aromatic heterocycles. The molecule has 0 fully saturated rings. The summed E-state index contributed by atoms with van der Waals surface area (Å²) in [7, 11) is 0. The molecule has 8 heteroatoms. The molecule has 0 radical (unpaired) electrons.